The van der Waals surface area contributed by atoms with E-state index in [0.29, 0.717) is 0 Å². The monoisotopic (exact) mass is 562 g/mol. The zero-order chi connectivity index (χ0) is 28.8. The second-order valence-corrected chi connectivity index (χ2v) is 11.3. The first-order chi connectivity index (χ1) is 21.8. The van der Waals surface area contributed by atoms with Crippen LogP contribution in [0.4, 0.5) is 0 Å². The van der Waals surface area contributed by atoms with Crippen molar-refractivity contribution in [3.8, 4) is 22.3 Å². The fraction of sp³-hybridized carbons (Fsp3) is 0. The van der Waals surface area contributed by atoms with Crippen LogP contribution in [-0.2, 0) is 0 Å². The van der Waals surface area contributed by atoms with E-state index in [1.54, 1.807) is 0 Å². The molecule has 6 nitrogen and oxygen atoms in total. The molecule has 0 amide bonds. The van der Waals surface area contributed by atoms with E-state index < -0.39 is 0 Å². The molecule has 0 bridgehead atoms. The maximum atomic E-state index is 5.20. The molecular formula is C38H22N6. The van der Waals surface area contributed by atoms with E-state index in [4.69, 9.17) is 9.97 Å². The van der Waals surface area contributed by atoms with Crippen LogP contribution in [0.25, 0.3) is 88.5 Å². The lowest BCUT2D eigenvalue weighted by molar-refractivity contribution is 1.21. The highest BCUT2D eigenvalue weighted by Crippen LogP contribution is 2.34. The van der Waals surface area contributed by atoms with Crippen LogP contribution < -0.4 is 0 Å². The van der Waals surface area contributed by atoms with E-state index in [0.717, 1.165) is 88.5 Å². The molecule has 44 heavy (non-hydrogen) atoms. The molecule has 0 aliphatic heterocycles. The van der Waals surface area contributed by atoms with Crippen LogP contribution >= 0.6 is 0 Å². The summed E-state index contributed by atoms with van der Waals surface area (Å²) in [5.41, 5.74) is 14.1. The van der Waals surface area contributed by atoms with Gasteiger partial charge in [0, 0.05) is 34.3 Å². The van der Waals surface area contributed by atoms with Crippen molar-refractivity contribution in [3.05, 3.63) is 134 Å². The van der Waals surface area contributed by atoms with Crippen LogP contribution in [0.3, 0.4) is 0 Å². The van der Waals surface area contributed by atoms with Gasteiger partial charge in [0.05, 0.1) is 44.1 Å². The predicted molar refractivity (Wildman–Crippen MR) is 178 cm³/mol. The molecule has 0 aliphatic carbocycles. The Morgan fingerprint density at radius 3 is 1.32 bits per heavy atom. The molecule has 0 aliphatic rings. The molecule has 0 fully saturated rings. The summed E-state index contributed by atoms with van der Waals surface area (Å²) in [7, 11) is 0. The summed E-state index contributed by atoms with van der Waals surface area (Å²) in [5, 5.41) is 2.24. The standard InChI is InChI=1S/C38H22N6/c1-3-9-29-25(7-1)17-27(21-39-29)23-13-15-33-31(19-23)41-37-38-42-32-20-24(28-18-26-8-2-4-10-30(26)40-22-28)14-16-34(32)44(38)36-12-6-5-11-35(36)43(33)37/h1-22H. The third-order valence-electron chi connectivity index (χ3n) is 8.72. The van der Waals surface area contributed by atoms with Gasteiger partial charge in [0.15, 0.2) is 11.3 Å². The quantitative estimate of drug-likeness (QED) is 0.211. The maximum Gasteiger partial charge on any atom is 0.182 e. The molecule has 0 N–H and O–H groups in total. The summed E-state index contributed by atoms with van der Waals surface area (Å²) in [4.78, 5) is 19.8. The number of fused-ring (bicyclic) bond motifs is 12. The highest BCUT2D eigenvalue weighted by molar-refractivity contribution is 6.00. The summed E-state index contributed by atoms with van der Waals surface area (Å²) in [6, 6.07) is 42.2. The SMILES string of the molecule is c1ccc2ncc(-c3ccc4c(c3)nc3c5nc6cc(-c7cnc8ccccc8c7)ccc6n5c5ccccc5n43)cc2c1. The lowest BCUT2D eigenvalue weighted by atomic mass is 10.0. The molecule has 5 heterocycles. The largest absolute Gasteiger partial charge is 0.288 e. The van der Waals surface area contributed by atoms with Crippen LogP contribution in [-0.4, -0.2) is 28.7 Å². The molecule has 0 saturated carbocycles. The summed E-state index contributed by atoms with van der Waals surface area (Å²) in [6.07, 6.45) is 3.88. The average molecular weight is 563 g/mol. The first-order valence-electron chi connectivity index (χ1n) is 14.6. The zero-order valence-corrected chi connectivity index (χ0v) is 23.4. The molecule has 0 spiro atoms. The second kappa shape index (κ2) is 8.69. The number of aromatic nitrogens is 6. The highest BCUT2D eigenvalue weighted by Gasteiger charge is 2.18. The summed E-state index contributed by atoms with van der Waals surface area (Å²) < 4.78 is 4.48. The molecule has 10 aromatic rings. The molecule has 0 saturated heterocycles. The van der Waals surface area contributed by atoms with E-state index >= 15 is 0 Å². The van der Waals surface area contributed by atoms with Gasteiger partial charge in [-0.15, -0.1) is 0 Å². The van der Waals surface area contributed by atoms with E-state index in [1.165, 1.54) is 0 Å². The smallest absolute Gasteiger partial charge is 0.182 e. The third-order valence-corrected chi connectivity index (χ3v) is 8.72. The Bertz CT molecular complexity index is 2600. The average Bonchev–Trinajstić information content (AvgIpc) is 3.66. The molecule has 6 heteroatoms. The lowest BCUT2D eigenvalue weighted by Gasteiger charge is -2.08. The topological polar surface area (TPSA) is 60.4 Å². The van der Waals surface area contributed by atoms with Gasteiger partial charge in [0.1, 0.15) is 0 Å². The molecule has 204 valence electrons. The second-order valence-electron chi connectivity index (χ2n) is 11.3. The number of hydrogen-bond acceptors (Lipinski definition) is 4. The minimum atomic E-state index is 0.831. The van der Waals surface area contributed by atoms with Crippen molar-refractivity contribution < 1.29 is 0 Å². The van der Waals surface area contributed by atoms with Crippen molar-refractivity contribution in [2.75, 3.05) is 0 Å². The zero-order valence-electron chi connectivity index (χ0n) is 23.4. The fourth-order valence-electron chi connectivity index (χ4n) is 6.61. The molecular weight excluding hydrogens is 540 g/mol. The molecule has 10 rings (SSSR count). The van der Waals surface area contributed by atoms with Gasteiger partial charge in [-0.25, -0.2) is 9.97 Å². The van der Waals surface area contributed by atoms with Crippen molar-refractivity contribution in [2.45, 2.75) is 0 Å². The Morgan fingerprint density at radius 2 is 0.818 bits per heavy atom. The van der Waals surface area contributed by atoms with Gasteiger partial charge in [-0.05, 0) is 71.8 Å². The normalized spacial score (nSPS) is 12.1. The van der Waals surface area contributed by atoms with Gasteiger partial charge in [0.25, 0.3) is 0 Å². The Morgan fingerprint density at radius 1 is 0.364 bits per heavy atom. The lowest BCUT2D eigenvalue weighted by Crippen LogP contribution is -1.97. The van der Waals surface area contributed by atoms with E-state index in [1.807, 2.05) is 48.8 Å². The first kappa shape index (κ1) is 23.4. The van der Waals surface area contributed by atoms with Gasteiger partial charge in [-0.1, -0.05) is 60.7 Å². The number of benzene rings is 5. The van der Waals surface area contributed by atoms with Gasteiger partial charge < -0.3 is 0 Å². The number of imidazole rings is 2. The molecule has 0 radical (unpaired) electrons. The minimum absolute atomic E-state index is 0.831. The van der Waals surface area contributed by atoms with Gasteiger partial charge in [0.2, 0.25) is 0 Å². The number of pyridine rings is 2. The Balaban J connectivity index is 1.21. The minimum Gasteiger partial charge on any atom is -0.288 e. The number of para-hydroxylation sites is 4. The van der Waals surface area contributed by atoms with Crippen molar-refractivity contribution >= 4 is 66.2 Å². The predicted octanol–water partition coefficient (Wildman–Crippen LogP) is 8.87. The van der Waals surface area contributed by atoms with Crippen LogP contribution in [0.2, 0.25) is 0 Å². The summed E-state index contributed by atoms with van der Waals surface area (Å²) in [6.45, 7) is 0. The van der Waals surface area contributed by atoms with Crippen LogP contribution in [0, 0.1) is 0 Å². The Labute approximate surface area is 250 Å². The van der Waals surface area contributed by atoms with E-state index in [2.05, 4.69) is 104 Å². The molecule has 5 aromatic carbocycles. The molecule has 5 aromatic heterocycles. The van der Waals surface area contributed by atoms with Crippen LogP contribution in [0.15, 0.2) is 134 Å². The van der Waals surface area contributed by atoms with E-state index in [-0.39, 0.29) is 0 Å². The number of rotatable bonds is 2. The number of nitrogens with zero attached hydrogens (tertiary/aromatic N) is 6. The third kappa shape index (κ3) is 3.30. The Hall–Kier alpha value is -6.14. The first-order valence-corrected chi connectivity index (χ1v) is 14.6. The van der Waals surface area contributed by atoms with Crippen LogP contribution in [0.1, 0.15) is 0 Å². The molecule has 0 atom stereocenters. The molecule has 0 unspecified atom stereocenters. The highest BCUT2D eigenvalue weighted by atomic mass is 15.1. The Kier molecular flexibility index (Phi) is 4.63. The summed E-state index contributed by atoms with van der Waals surface area (Å²) >= 11 is 0. The van der Waals surface area contributed by atoms with Crippen molar-refractivity contribution in [3.63, 3.8) is 0 Å². The summed E-state index contributed by atoms with van der Waals surface area (Å²) in [5.74, 6) is 0. The van der Waals surface area contributed by atoms with Crippen LogP contribution in [0.5, 0.6) is 0 Å². The van der Waals surface area contributed by atoms with Gasteiger partial charge in [-0.3, -0.25) is 18.8 Å². The van der Waals surface area contributed by atoms with E-state index in [9.17, 15) is 0 Å². The maximum absolute atomic E-state index is 5.20. The van der Waals surface area contributed by atoms with Crippen molar-refractivity contribution in [1.29, 1.82) is 0 Å². The van der Waals surface area contributed by atoms with Gasteiger partial charge in [-0.2, -0.15) is 0 Å². The van der Waals surface area contributed by atoms with Crippen molar-refractivity contribution in [2.24, 2.45) is 0 Å². The number of hydrogen-bond donors (Lipinski definition) is 0. The van der Waals surface area contributed by atoms with Crippen molar-refractivity contribution in [1.82, 2.24) is 28.7 Å². The van der Waals surface area contributed by atoms with Gasteiger partial charge >= 0.3 is 0 Å². The fourth-order valence-corrected chi connectivity index (χ4v) is 6.61.